The van der Waals surface area contributed by atoms with Gasteiger partial charge in [0.15, 0.2) is 0 Å². The van der Waals surface area contributed by atoms with E-state index in [1.165, 1.54) is 11.1 Å². The molecule has 2 atom stereocenters. The van der Waals surface area contributed by atoms with Crippen LogP contribution in [0.5, 0.6) is 0 Å². The first-order valence-electron chi connectivity index (χ1n) is 13.6. The number of nitrogens with one attached hydrogen (secondary N) is 1. The SMILES string of the molecule is Cc1ccc(CC2CCN(C(=O)[C@H](NC(=O)[C@@H](CC3CCCC3)CN(O)C=O)C(C)(C)C)CC2)cc1. The first kappa shape index (κ1) is 28.2. The van der Waals surface area contributed by atoms with E-state index in [-0.39, 0.29) is 18.4 Å². The summed E-state index contributed by atoms with van der Waals surface area (Å²) in [6.45, 7) is 9.33. The van der Waals surface area contributed by atoms with Crippen molar-refractivity contribution in [1.82, 2.24) is 15.3 Å². The van der Waals surface area contributed by atoms with Gasteiger partial charge in [-0.3, -0.25) is 19.6 Å². The number of aryl methyl sites for hydroxylation is 1. The maximum absolute atomic E-state index is 13.6. The van der Waals surface area contributed by atoms with Crippen molar-refractivity contribution in [3.63, 3.8) is 0 Å². The Kier molecular flexibility index (Phi) is 9.94. The van der Waals surface area contributed by atoms with Gasteiger partial charge < -0.3 is 10.2 Å². The van der Waals surface area contributed by atoms with Crippen LogP contribution in [0.25, 0.3) is 0 Å². The molecule has 0 aromatic heterocycles. The standard InChI is InChI=1S/C29H45N3O4/c1-21-9-11-23(12-10-21)17-24-13-15-31(16-14-24)28(35)26(29(2,3)4)30-27(34)25(19-32(36)20-33)18-22-7-5-6-8-22/h9-12,20,22,24-26,36H,5-8,13-19H2,1-4H3,(H,30,34)/t25-,26-/m0/s1. The fraction of sp³-hybridized carbons (Fsp3) is 0.690. The van der Waals surface area contributed by atoms with Gasteiger partial charge >= 0.3 is 0 Å². The maximum Gasteiger partial charge on any atom is 0.245 e. The molecule has 200 valence electrons. The number of hydroxylamine groups is 2. The van der Waals surface area contributed by atoms with Crippen LogP contribution >= 0.6 is 0 Å². The highest BCUT2D eigenvalue weighted by Gasteiger charge is 2.38. The average molecular weight is 500 g/mol. The molecule has 1 aromatic rings. The highest BCUT2D eigenvalue weighted by molar-refractivity contribution is 5.89. The van der Waals surface area contributed by atoms with Gasteiger partial charge in [-0.15, -0.1) is 0 Å². The molecule has 7 heteroatoms. The number of piperidine rings is 1. The van der Waals surface area contributed by atoms with Crippen molar-refractivity contribution in [3.8, 4) is 0 Å². The Morgan fingerprint density at radius 3 is 2.25 bits per heavy atom. The van der Waals surface area contributed by atoms with Crippen molar-refractivity contribution in [2.45, 2.75) is 85.1 Å². The molecule has 0 unspecified atom stereocenters. The Labute approximate surface area is 216 Å². The second-order valence-corrected chi connectivity index (χ2v) is 12.1. The Balaban J connectivity index is 1.61. The fourth-order valence-corrected chi connectivity index (χ4v) is 5.69. The summed E-state index contributed by atoms with van der Waals surface area (Å²) >= 11 is 0. The smallest absolute Gasteiger partial charge is 0.245 e. The number of hydrogen-bond donors (Lipinski definition) is 2. The molecule has 1 heterocycles. The molecule has 1 aliphatic heterocycles. The molecule has 1 saturated carbocycles. The van der Waals surface area contributed by atoms with Crippen molar-refractivity contribution in [3.05, 3.63) is 35.4 Å². The highest BCUT2D eigenvalue weighted by atomic mass is 16.5. The summed E-state index contributed by atoms with van der Waals surface area (Å²) in [4.78, 5) is 39.9. The summed E-state index contributed by atoms with van der Waals surface area (Å²) in [6, 6.07) is 8.02. The Bertz CT molecular complexity index is 866. The molecule has 1 aliphatic carbocycles. The normalized spacial score (nSPS) is 19.1. The lowest BCUT2D eigenvalue weighted by Crippen LogP contribution is -2.57. The van der Waals surface area contributed by atoms with E-state index in [0.29, 0.717) is 42.8 Å². The van der Waals surface area contributed by atoms with Gasteiger partial charge in [0.05, 0.1) is 12.5 Å². The van der Waals surface area contributed by atoms with E-state index in [2.05, 4.69) is 36.5 Å². The number of benzene rings is 1. The van der Waals surface area contributed by atoms with Crippen LogP contribution in [0.1, 0.15) is 76.8 Å². The minimum atomic E-state index is -0.659. The van der Waals surface area contributed by atoms with Crippen molar-refractivity contribution in [2.75, 3.05) is 19.6 Å². The molecule has 1 aromatic carbocycles. The van der Waals surface area contributed by atoms with Crippen molar-refractivity contribution >= 4 is 18.2 Å². The molecule has 36 heavy (non-hydrogen) atoms. The summed E-state index contributed by atoms with van der Waals surface area (Å²) in [7, 11) is 0. The molecule has 2 fully saturated rings. The first-order chi connectivity index (χ1) is 17.1. The van der Waals surface area contributed by atoms with Gasteiger partial charge in [0.25, 0.3) is 0 Å². The Morgan fingerprint density at radius 1 is 1.08 bits per heavy atom. The number of likely N-dealkylation sites (tertiary alicyclic amines) is 1. The van der Waals surface area contributed by atoms with Crippen LogP contribution in [0.15, 0.2) is 24.3 Å². The van der Waals surface area contributed by atoms with Crippen molar-refractivity contribution in [2.24, 2.45) is 23.2 Å². The van der Waals surface area contributed by atoms with Crippen LogP contribution in [0.2, 0.25) is 0 Å². The van der Waals surface area contributed by atoms with E-state index in [0.717, 1.165) is 44.9 Å². The van der Waals surface area contributed by atoms with Crippen LogP contribution in [0.4, 0.5) is 0 Å². The average Bonchev–Trinajstić information content (AvgIpc) is 3.36. The van der Waals surface area contributed by atoms with Crippen LogP contribution in [0.3, 0.4) is 0 Å². The molecule has 2 N–H and O–H groups in total. The molecule has 3 amide bonds. The zero-order valence-corrected chi connectivity index (χ0v) is 22.5. The molecular formula is C29H45N3O4. The summed E-state index contributed by atoms with van der Waals surface area (Å²) in [6.07, 6.45) is 8.32. The van der Waals surface area contributed by atoms with Gasteiger partial charge in [0.2, 0.25) is 18.2 Å². The van der Waals surface area contributed by atoms with Gasteiger partial charge in [-0.1, -0.05) is 76.3 Å². The summed E-state index contributed by atoms with van der Waals surface area (Å²) in [5.41, 5.74) is 2.14. The zero-order chi connectivity index (χ0) is 26.3. The van der Waals surface area contributed by atoms with E-state index in [9.17, 15) is 19.6 Å². The molecule has 0 bridgehead atoms. The van der Waals surface area contributed by atoms with Crippen LogP contribution in [-0.2, 0) is 20.8 Å². The molecule has 0 radical (unpaired) electrons. The molecular weight excluding hydrogens is 454 g/mol. The molecule has 2 aliphatic rings. The predicted molar refractivity (Wildman–Crippen MR) is 140 cm³/mol. The van der Waals surface area contributed by atoms with Gasteiger partial charge in [0, 0.05) is 13.1 Å². The molecule has 0 spiro atoms. The van der Waals surface area contributed by atoms with E-state index in [4.69, 9.17) is 0 Å². The van der Waals surface area contributed by atoms with E-state index in [1.807, 2.05) is 25.7 Å². The number of amides is 3. The topological polar surface area (TPSA) is 90.0 Å². The van der Waals surface area contributed by atoms with Gasteiger partial charge in [-0.25, -0.2) is 5.06 Å². The minimum absolute atomic E-state index is 0.0412. The third-order valence-corrected chi connectivity index (χ3v) is 7.96. The second-order valence-electron chi connectivity index (χ2n) is 12.1. The Hall–Kier alpha value is -2.41. The summed E-state index contributed by atoms with van der Waals surface area (Å²) in [5.74, 6) is 0.123. The maximum atomic E-state index is 13.6. The summed E-state index contributed by atoms with van der Waals surface area (Å²) in [5, 5.41) is 13.4. The highest BCUT2D eigenvalue weighted by Crippen LogP contribution is 2.31. The van der Waals surface area contributed by atoms with Crippen molar-refractivity contribution < 1.29 is 19.6 Å². The number of rotatable bonds is 10. The lowest BCUT2D eigenvalue weighted by Gasteiger charge is -2.39. The van der Waals surface area contributed by atoms with E-state index in [1.54, 1.807) is 0 Å². The van der Waals surface area contributed by atoms with E-state index >= 15 is 0 Å². The van der Waals surface area contributed by atoms with Crippen molar-refractivity contribution in [1.29, 1.82) is 0 Å². The molecule has 3 rings (SSSR count). The third-order valence-electron chi connectivity index (χ3n) is 7.96. The first-order valence-corrected chi connectivity index (χ1v) is 13.6. The van der Waals surface area contributed by atoms with Gasteiger partial charge in [0.1, 0.15) is 6.04 Å². The van der Waals surface area contributed by atoms with Crippen LogP contribution in [-0.4, -0.2) is 59.1 Å². The molecule has 7 nitrogen and oxygen atoms in total. The Morgan fingerprint density at radius 2 is 1.69 bits per heavy atom. The van der Waals surface area contributed by atoms with Crippen LogP contribution < -0.4 is 5.32 Å². The second kappa shape index (κ2) is 12.7. The predicted octanol–water partition coefficient (Wildman–Crippen LogP) is 4.35. The number of carbonyl (C=O) groups is 3. The number of nitrogens with zero attached hydrogens (tertiary/aromatic N) is 2. The van der Waals surface area contributed by atoms with Crippen LogP contribution in [0, 0.1) is 30.1 Å². The summed E-state index contributed by atoms with van der Waals surface area (Å²) < 4.78 is 0. The van der Waals surface area contributed by atoms with E-state index < -0.39 is 17.4 Å². The van der Waals surface area contributed by atoms with Gasteiger partial charge in [-0.2, -0.15) is 0 Å². The number of hydrogen-bond acceptors (Lipinski definition) is 4. The number of carbonyl (C=O) groups excluding carboxylic acids is 3. The quantitative estimate of drug-likeness (QED) is 0.285. The minimum Gasteiger partial charge on any atom is -0.344 e. The monoisotopic (exact) mass is 499 g/mol. The largest absolute Gasteiger partial charge is 0.344 e. The molecule has 1 saturated heterocycles. The third kappa shape index (κ3) is 8.05. The zero-order valence-electron chi connectivity index (χ0n) is 22.5. The lowest BCUT2D eigenvalue weighted by molar-refractivity contribution is -0.156. The lowest BCUT2D eigenvalue weighted by atomic mass is 9.83. The van der Waals surface area contributed by atoms with Gasteiger partial charge in [-0.05, 0) is 55.4 Å². The fourth-order valence-electron chi connectivity index (χ4n) is 5.69.